The number of hydrogen-bond donors (Lipinski definition) is 1. The van der Waals surface area contributed by atoms with E-state index in [1.54, 1.807) is 4.90 Å². The minimum atomic E-state index is -0.471. The Balaban J connectivity index is 1.94. The highest BCUT2D eigenvalue weighted by molar-refractivity contribution is 5.89. The van der Waals surface area contributed by atoms with Gasteiger partial charge in [-0.3, -0.25) is 4.79 Å². The van der Waals surface area contributed by atoms with Gasteiger partial charge in [-0.2, -0.15) is 0 Å². The van der Waals surface area contributed by atoms with Gasteiger partial charge in [0.1, 0.15) is 5.60 Å². The van der Waals surface area contributed by atoms with Gasteiger partial charge in [0.15, 0.2) is 0 Å². The maximum Gasteiger partial charge on any atom is 0.410 e. The molecule has 0 aromatic heterocycles. The molecule has 1 aliphatic rings. The van der Waals surface area contributed by atoms with Crippen LogP contribution in [0.5, 0.6) is 0 Å². The number of rotatable bonds is 2. The summed E-state index contributed by atoms with van der Waals surface area (Å²) in [7, 11) is 0. The van der Waals surface area contributed by atoms with Crippen molar-refractivity contribution in [1.29, 1.82) is 0 Å². The zero-order valence-electron chi connectivity index (χ0n) is 14.3. The van der Waals surface area contributed by atoms with E-state index in [1.165, 1.54) is 6.92 Å². The predicted molar refractivity (Wildman–Crippen MR) is 90.8 cm³/mol. The van der Waals surface area contributed by atoms with Crippen LogP contribution < -0.4 is 10.2 Å². The Labute approximate surface area is 137 Å². The average molecular weight is 319 g/mol. The maximum absolute atomic E-state index is 12.1. The second kappa shape index (κ2) is 6.89. The highest BCUT2D eigenvalue weighted by atomic mass is 16.6. The van der Waals surface area contributed by atoms with Crippen LogP contribution in [0.1, 0.15) is 27.7 Å². The Kier molecular flexibility index (Phi) is 5.13. The Morgan fingerprint density at radius 2 is 1.78 bits per heavy atom. The molecule has 0 spiro atoms. The summed E-state index contributed by atoms with van der Waals surface area (Å²) in [6.07, 6.45) is -0.260. The minimum absolute atomic E-state index is 0.0862. The lowest BCUT2D eigenvalue weighted by Crippen LogP contribution is -2.50. The molecule has 1 aromatic carbocycles. The van der Waals surface area contributed by atoms with E-state index in [9.17, 15) is 9.59 Å². The number of carbonyl (C=O) groups is 2. The molecule has 1 heterocycles. The third kappa shape index (κ3) is 5.16. The van der Waals surface area contributed by atoms with Gasteiger partial charge in [-0.15, -0.1) is 0 Å². The van der Waals surface area contributed by atoms with Crippen LogP contribution >= 0.6 is 0 Å². The molecule has 1 fully saturated rings. The van der Waals surface area contributed by atoms with E-state index in [0.29, 0.717) is 13.1 Å². The number of carbonyl (C=O) groups excluding carboxylic acids is 2. The fraction of sp³-hybridized carbons (Fsp3) is 0.529. The molecule has 0 atom stereocenters. The summed E-state index contributed by atoms with van der Waals surface area (Å²) in [6.45, 7) is 9.83. The van der Waals surface area contributed by atoms with Crippen LogP contribution in [0.3, 0.4) is 0 Å². The van der Waals surface area contributed by atoms with Crippen LogP contribution in [0.4, 0.5) is 16.2 Å². The van der Waals surface area contributed by atoms with Crippen LogP contribution in [-0.4, -0.2) is 48.7 Å². The zero-order chi connectivity index (χ0) is 17.0. The van der Waals surface area contributed by atoms with E-state index < -0.39 is 5.60 Å². The molecular weight excluding hydrogens is 294 g/mol. The van der Waals surface area contributed by atoms with E-state index in [0.717, 1.165) is 24.5 Å². The van der Waals surface area contributed by atoms with Crippen LogP contribution in [-0.2, 0) is 9.53 Å². The van der Waals surface area contributed by atoms with Crippen LogP contribution in [0.25, 0.3) is 0 Å². The minimum Gasteiger partial charge on any atom is -0.444 e. The smallest absolute Gasteiger partial charge is 0.410 e. The lowest BCUT2D eigenvalue weighted by molar-refractivity contribution is -0.114. The van der Waals surface area contributed by atoms with E-state index in [1.807, 2.05) is 45.0 Å². The van der Waals surface area contributed by atoms with Gasteiger partial charge < -0.3 is 19.9 Å². The van der Waals surface area contributed by atoms with Crippen molar-refractivity contribution in [3.05, 3.63) is 24.3 Å². The van der Waals surface area contributed by atoms with Crippen LogP contribution in [0.15, 0.2) is 24.3 Å². The molecule has 6 nitrogen and oxygen atoms in total. The molecule has 6 heteroatoms. The molecule has 23 heavy (non-hydrogen) atoms. The van der Waals surface area contributed by atoms with E-state index in [4.69, 9.17) is 4.74 Å². The molecular formula is C17H25N3O3. The van der Waals surface area contributed by atoms with Gasteiger partial charge in [-0.25, -0.2) is 4.79 Å². The SMILES string of the molecule is CC(=O)Nc1cccc(N2CCN(C(=O)OC(C)(C)C)CC2)c1. The number of hydrogen-bond acceptors (Lipinski definition) is 4. The Bertz CT molecular complexity index is 573. The summed E-state index contributed by atoms with van der Waals surface area (Å²) in [5.41, 5.74) is 1.35. The summed E-state index contributed by atoms with van der Waals surface area (Å²) < 4.78 is 5.40. The van der Waals surface area contributed by atoms with Gasteiger partial charge in [-0.05, 0) is 39.0 Å². The number of nitrogens with zero attached hydrogens (tertiary/aromatic N) is 2. The number of anilines is 2. The topological polar surface area (TPSA) is 61.9 Å². The second-order valence-electron chi connectivity index (χ2n) is 6.69. The average Bonchev–Trinajstić information content (AvgIpc) is 2.45. The Hall–Kier alpha value is -2.24. The van der Waals surface area contributed by atoms with E-state index in [2.05, 4.69) is 10.2 Å². The number of ether oxygens (including phenoxy) is 1. The first-order chi connectivity index (χ1) is 10.7. The molecule has 2 amide bonds. The van der Waals surface area contributed by atoms with Gasteiger partial charge in [-0.1, -0.05) is 6.07 Å². The summed E-state index contributed by atoms with van der Waals surface area (Å²) in [4.78, 5) is 27.2. The molecule has 1 N–H and O–H groups in total. The first-order valence-corrected chi connectivity index (χ1v) is 7.85. The zero-order valence-corrected chi connectivity index (χ0v) is 14.3. The van der Waals surface area contributed by atoms with E-state index >= 15 is 0 Å². The molecule has 126 valence electrons. The van der Waals surface area contributed by atoms with Crippen molar-refractivity contribution in [3.63, 3.8) is 0 Å². The van der Waals surface area contributed by atoms with Gasteiger partial charge in [0.2, 0.25) is 5.91 Å². The molecule has 0 bridgehead atoms. The normalized spacial score (nSPS) is 15.3. The molecule has 1 saturated heterocycles. The first-order valence-electron chi connectivity index (χ1n) is 7.85. The third-order valence-corrected chi connectivity index (χ3v) is 3.46. The van der Waals surface area contributed by atoms with Gasteiger partial charge >= 0.3 is 6.09 Å². The standard InChI is InChI=1S/C17H25N3O3/c1-13(21)18-14-6-5-7-15(12-14)19-8-10-20(11-9-19)16(22)23-17(2,3)4/h5-7,12H,8-11H2,1-4H3,(H,18,21). The summed E-state index contributed by atoms with van der Waals surface area (Å²) in [5, 5.41) is 2.79. The summed E-state index contributed by atoms with van der Waals surface area (Å²) in [5.74, 6) is -0.0862. The highest BCUT2D eigenvalue weighted by Gasteiger charge is 2.25. The quantitative estimate of drug-likeness (QED) is 0.910. The highest BCUT2D eigenvalue weighted by Crippen LogP contribution is 2.21. The number of nitrogens with one attached hydrogen (secondary N) is 1. The number of benzene rings is 1. The Morgan fingerprint density at radius 1 is 1.13 bits per heavy atom. The lowest BCUT2D eigenvalue weighted by Gasteiger charge is -2.36. The monoisotopic (exact) mass is 319 g/mol. The molecule has 0 unspecified atom stereocenters. The molecule has 0 radical (unpaired) electrons. The molecule has 1 aromatic rings. The summed E-state index contributed by atoms with van der Waals surface area (Å²) >= 11 is 0. The van der Waals surface area contributed by atoms with Crippen molar-refractivity contribution in [2.45, 2.75) is 33.3 Å². The van der Waals surface area contributed by atoms with Gasteiger partial charge in [0, 0.05) is 44.5 Å². The molecule has 1 aliphatic heterocycles. The molecule has 0 saturated carbocycles. The molecule has 0 aliphatic carbocycles. The van der Waals surface area contributed by atoms with Crippen molar-refractivity contribution in [2.24, 2.45) is 0 Å². The first kappa shape index (κ1) is 17.1. The summed E-state index contributed by atoms with van der Waals surface area (Å²) in [6, 6.07) is 7.74. The van der Waals surface area contributed by atoms with Crippen molar-refractivity contribution in [2.75, 3.05) is 36.4 Å². The number of piperazine rings is 1. The van der Waals surface area contributed by atoms with Crippen molar-refractivity contribution >= 4 is 23.4 Å². The second-order valence-corrected chi connectivity index (χ2v) is 6.69. The Morgan fingerprint density at radius 3 is 2.35 bits per heavy atom. The predicted octanol–water partition coefficient (Wildman–Crippen LogP) is 2.70. The number of amides is 2. The largest absolute Gasteiger partial charge is 0.444 e. The van der Waals surface area contributed by atoms with Crippen LogP contribution in [0, 0.1) is 0 Å². The lowest BCUT2D eigenvalue weighted by atomic mass is 10.2. The van der Waals surface area contributed by atoms with Crippen LogP contribution in [0.2, 0.25) is 0 Å². The fourth-order valence-electron chi connectivity index (χ4n) is 2.46. The maximum atomic E-state index is 12.1. The van der Waals surface area contributed by atoms with Gasteiger partial charge in [0.25, 0.3) is 0 Å². The van der Waals surface area contributed by atoms with Crippen molar-refractivity contribution < 1.29 is 14.3 Å². The third-order valence-electron chi connectivity index (χ3n) is 3.46. The van der Waals surface area contributed by atoms with Crippen molar-refractivity contribution in [3.8, 4) is 0 Å². The van der Waals surface area contributed by atoms with E-state index in [-0.39, 0.29) is 12.0 Å². The van der Waals surface area contributed by atoms with Crippen molar-refractivity contribution in [1.82, 2.24) is 4.90 Å². The van der Waals surface area contributed by atoms with Gasteiger partial charge in [0.05, 0.1) is 0 Å². The molecule has 2 rings (SSSR count). The fourth-order valence-corrected chi connectivity index (χ4v) is 2.46.